The molecule has 1 saturated heterocycles. The van der Waals surface area contributed by atoms with Crippen LogP contribution in [0.5, 0.6) is 0 Å². The summed E-state index contributed by atoms with van der Waals surface area (Å²) in [4.78, 5) is 26.7. The average molecular weight is 589 g/mol. The fourth-order valence-corrected chi connectivity index (χ4v) is 6.38. The highest BCUT2D eigenvalue weighted by Crippen LogP contribution is 2.38. The predicted molar refractivity (Wildman–Crippen MR) is 151 cm³/mol. The van der Waals surface area contributed by atoms with Gasteiger partial charge in [0.05, 0.1) is 43.9 Å². The topological polar surface area (TPSA) is 152 Å². The molecule has 0 bridgehead atoms. The highest BCUT2D eigenvalue weighted by molar-refractivity contribution is 5.96. The van der Waals surface area contributed by atoms with Gasteiger partial charge in [0.2, 0.25) is 0 Å². The molecule has 0 saturated carbocycles. The maximum atomic E-state index is 13.5. The Morgan fingerprint density at radius 3 is 2.20 bits per heavy atom. The lowest BCUT2D eigenvalue weighted by atomic mass is 9.76. The third-order valence-corrected chi connectivity index (χ3v) is 9.01. The van der Waals surface area contributed by atoms with Crippen molar-refractivity contribution >= 4 is 11.8 Å². The molecule has 2 rings (SSSR count). The van der Waals surface area contributed by atoms with Crippen LogP contribution in [-0.2, 0) is 28.5 Å². The van der Waals surface area contributed by atoms with E-state index in [0.717, 1.165) is 0 Å². The normalized spacial score (nSPS) is 45.4. The van der Waals surface area contributed by atoms with Crippen molar-refractivity contribution in [3.05, 3.63) is 11.6 Å². The maximum Gasteiger partial charge on any atom is 0.311 e. The van der Waals surface area contributed by atoms with E-state index in [1.807, 2.05) is 6.92 Å². The van der Waals surface area contributed by atoms with Crippen LogP contribution in [0, 0.1) is 17.8 Å². The fourth-order valence-electron chi connectivity index (χ4n) is 6.38. The Morgan fingerprint density at radius 1 is 1.10 bits per heavy atom. The summed E-state index contributed by atoms with van der Waals surface area (Å²) in [5, 5.41) is 44.5. The Labute approximate surface area is 244 Å². The van der Waals surface area contributed by atoms with Gasteiger partial charge in [-0.1, -0.05) is 20.8 Å². The van der Waals surface area contributed by atoms with Gasteiger partial charge in [-0.05, 0) is 59.1 Å². The van der Waals surface area contributed by atoms with Crippen molar-refractivity contribution in [3.63, 3.8) is 0 Å². The van der Waals surface area contributed by atoms with Crippen LogP contribution in [0.1, 0.15) is 74.7 Å². The van der Waals surface area contributed by atoms with E-state index in [2.05, 4.69) is 0 Å². The number of hydrogen-bond donors (Lipinski definition) is 4. The zero-order valence-electron chi connectivity index (χ0n) is 26.7. The van der Waals surface area contributed by atoms with Gasteiger partial charge in [-0.3, -0.25) is 9.59 Å². The van der Waals surface area contributed by atoms with E-state index >= 15 is 0 Å². The molecule has 1 fully saturated rings. The van der Waals surface area contributed by atoms with Gasteiger partial charge in [0.15, 0.2) is 24.2 Å². The second kappa shape index (κ2) is 13.5. The number of ether oxygens (including phenoxy) is 4. The van der Waals surface area contributed by atoms with E-state index in [9.17, 15) is 30.1 Å². The molecule has 11 heteroatoms. The molecule has 2 heterocycles. The Hall–Kier alpha value is -1.44. The number of ketones is 1. The van der Waals surface area contributed by atoms with Gasteiger partial charge in [-0.2, -0.15) is 4.65 Å². The minimum Gasteiger partial charge on any atom is -0.459 e. The number of likely N-dealkylation sites (N-methyl/N-ethyl adjacent to an activating group) is 1. The quantitative estimate of drug-likeness (QED) is 0.214. The number of aliphatic hydroxyl groups is 3. The lowest BCUT2D eigenvalue weighted by molar-refractivity contribution is -1.09. The predicted octanol–water partition coefficient (Wildman–Crippen LogP) is 2.37. The van der Waals surface area contributed by atoms with Crippen molar-refractivity contribution in [2.75, 3.05) is 21.2 Å². The number of aliphatic hydroxyl groups excluding tert-OH is 2. The SMILES string of the molecule is CC[C@H]1OC(=O)[C@H](C)[C@@H](O)[C@H](C)[C@@H](O[C@@H]2O[C@H](C)C[C@H]([N+](C)(C)O)[C@H]2O)[C@@](C)(OC)C[C@@H](C)C(=O)/C(C)=C/[C@]1(C)O. The number of carbonyl (C=O) groups is 2. The molecule has 11 nitrogen and oxygen atoms in total. The van der Waals surface area contributed by atoms with Crippen LogP contribution in [0.4, 0.5) is 0 Å². The second-order valence-electron chi connectivity index (χ2n) is 13.2. The number of quaternary nitrogens is 1. The van der Waals surface area contributed by atoms with Crippen molar-refractivity contribution in [1.82, 2.24) is 0 Å². The lowest BCUT2D eigenvalue weighted by Crippen LogP contribution is -2.63. The number of Topliss-reactive ketones (excluding diaryl/α,β-unsaturated/α-hetero) is 1. The van der Waals surface area contributed by atoms with Crippen molar-refractivity contribution in [1.29, 1.82) is 0 Å². The molecular formula is C30H54NO10+. The summed E-state index contributed by atoms with van der Waals surface area (Å²) in [6, 6.07) is -0.614. The Morgan fingerprint density at radius 2 is 1.68 bits per heavy atom. The molecule has 41 heavy (non-hydrogen) atoms. The largest absolute Gasteiger partial charge is 0.459 e. The number of carbonyl (C=O) groups excluding carboxylic acids is 2. The summed E-state index contributed by atoms with van der Waals surface area (Å²) in [7, 11) is 4.60. The van der Waals surface area contributed by atoms with Crippen molar-refractivity contribution in [2.45, 2.75) is 129 Å². The van der Waals surface area contributed by atoms with E-state index in [-0.39, 0.29) is 24.7 Å². The molecule has 0 radical (unpaired) electrons. The first-order valence-electron chi connectivity index (χ1n) is 14.6. The minimum absolute atomic E-state index is 0.163. The number of rotatable bonds is 5. The summed E-state index contributed by atoms with van der Waals surface area (Å²) in [5.41, 5.74) is -2.49. The van der Waals surface area contributed by atoms with Gasteiger partial charge in [0.1, 0.15) is 11.7 Å². The molecule has 0 spiro atoms. The third kappa shape index (κ3) is 8.14. The Kier molecular flexibility index (Phi) is 11.7. The Bertz CT molecular complexity index is 946. The molecule has 238 valence electrons. The van der Waals surface area contributed by atoms with Crippen molar-refractivity contribution in [2.24, 2.45) is 17.8 Å². The van der Waals surface area contributed by atoms with Crippen molar-refractivity contribution < 1.29 is 53.7 Å². The molecule has 0 aromatic rings. The average Bonchev–Trinajstić information content (AvgIpc) is 2.88. The molecule has 0 aromatic heterocycles. The number of hydrogen-bond acceptors (Lipinski definition) is 10. The maximum absolute atomic E-state index is 13.5. The molecule has 4 N–H and O–H groups in total. The first-order valence-corrected chi connectivity index (χ1v) is 14.6. The van der Waals surface area contributed by atoms with Crippen molar-refractivity contribution in [3.8, 4) is 0 Å². The number of cyclic esters (lactones) is 1. The van der Waals surface area contributed by atoms with Crippen LogP contribution in [-0.4, -0.2) is 112 Å². The van der Waals surface area contributed by atoms with Gasteiger partial charge in [-0.15, -0.1) is 0 Å². The molecule has 0 aromatic carbocycles. The third-order valence-electron chi connectivity index (χ3n) is 9.01. The van der Waals surface area contributed by atoms with Gasteiger partial charge in [-0.25, -0.2) is 5.21 Å². The fraction of sp³-hybridized carbons (Fsp3) is 0.867. The lowest BCUT2D eigenvalue weighted by Gasteiger charge is -2.47. The van der Waals surface area contributed by atoms with E-state index in [1.54, 1.807) is 55.6 Å². The summed E-state index contributed by atoms with van der Waals surface area (Å²) in [6.07, 6.45) is -3.70. The van der Waals surface area contributed by atoms with E-state index < -0.39 is 76.3 Å². The van der Waals surface area contributed by atoms with Gasteiger partial charge in [0.25, 0.3) is 0 Å². The number of esters is 1. The number of nitrogens with zero attached hydrogens (tertiary/aromatic N) is 1. The first kappa shape index (κ1) is 35.8. The summed E-state index contributed by atoms with van der Waals surface area (Å²) in [5.74, 6) is -3.30. The summed E-state index contributed by atoms with van der Waals surface area (Å²) < 4.78 is 23.6. The van der Waals surface area contributed by atoms with E-state index in [4.69, 9.17) is 18.9 Å². The second-order valence-corrected chi connectivity index (χ2v) is 13.2. The minimum atomic E-state index is -1.61. The Balaban J connectivity index is 2.62. The van der Waals surface area contributed by atoms with E-state index in [1.165, 1.54) is 20.1 Å². The molecular weight excluding hydrogens is 534 g/mol. The van der Waals surface area contributed by atoms with Crippen LogP contribution in [0.3, 0.4) is 0 Å². The highest BCUT2D eigenvalue weighted by Gasteiger charge is 2.51. The molecule has 2 aliphatic rings. The van der Waals surface area contributed by atoms with Crippen LogP contribution >= 0.6 is 0 Å². The zero-order valence-corrected chi connectivity index (χ0v) is 26.7. The van der Waals surface area contributed by atoms with Crippen LogP contribution in [0.2, 0.25) is 0 Å². The molecule has 0 aliphatic carbocycles. The molecule has 0 unspecified atom stereocenters. The monoisotopic (exact) mass is 588 g/mol. The highest BCUT2D eigenvalue weighted by atomic mass is 16.7. The molecule has 2 aliphatic heterocycles. The molecule has 12 atom stereocenters. The van der Waals surface area contributed by atoms with Gasteiger partial charge >= 0.3 is 5.97 Å². The zero-order chi connectivity index (χ0) is 31.7. The van der Waals surface area contributed by atoms with Gasteiger partial charge in [0, 0.05) is 25.4 Å². The first-order chi connectivity index (χ1) is 18.7. The standard InChI is InChI=1S/C30H54NO10/c1-12-22-29(7,36)14-16(2)23(32)17(3)15-30(8,38-11)26(19(5)24(33)20(6)27(35)40-22)41-28-25(34)21(31(9,10)37)13-18(4)39-28/h14,17-22,24-26,28,33-34,36-37H,12-13,15H2,1-11H3/q+1/b16-14+/t17-,18-,19+,20-,21+,22-,24+,25-,26-,28+,29+,30+/m1/s1. The number of methoxy groups -OCH3 is 1. The van der Waals surface area contributed by atoms with Crippen LogP contribution in [0.15, 0.2) is 11.6 Å². The van der Waals surface area contributed by atoms with Crippen LogP contribution < -0.4 is 0 Å². The molecule has 0 amide bonds. The number of allylic oxidation sites excluding steroid dienone is 1. The van der Waals surface area contributed by atoms with Crippen LogP contribution in [0.25, 0.3) is 0 Å². The van der Waals surface area contributed by atoms with E-state index in [0.29, 0.717) is 12.0 Å². The summed E-state index contributed by atoms with van der Waals surface area (Å²) in [6.45, 7) is 13.4. The number of hydroxylamine groups is 3. The van der Waals surface area contributed by atoms with Gasteiger partial charge < -0.3 is 34.3 Å². The smallest absolute Gasteiger partial charge is 0.311 e. The summed E-state index contributed by atoms with van der Waals surface area (Å²) >= 11 is 0.